The van der Waals surface area contributed by atoms with E-state index in [9.17, 15) is 9.59 Å². The Morgan fingerprint density at radius 3 is 2.50 bits per heavy atom. The van der Waals surface area contributed by atoms with Crippen molar-refractivity contribution < 1.29 is 23.8 Å². The molecule has 0 radical (unpaired) electrons. The molecule has 2 unspecified atom stereocenters. The molecule has 26 heavy (non-hydrogen) atoms. The fraction of sp³-hybridized carbons (Fsp3) is 0.529. The predicted octanol–water partition coefficient (Wildman–Crippen LogP) is 3.27. The highest BCUT2D eigenvalue weighted by Crippen LogP contribution is 2.38. The van der Waals surface area contributed by atoms with E-state index < -0.39 is 30.2 Å². The SMILES string of the molecule is CC(=O)OCC1O[C@H](Sc2ccc(Cl)c(Cl)c2)C(C)[C@@H](N)[C@H]1OC(C)=O. The summed E-state index contributed by atoms with van der Waals surface area (Å²) in [5.41, 5.74) is 5.97. The smallest absolute Gasteiger partial charge is 0.303 e. The maximum atomic E-state index is 11.4. The van der Waals surface area contributed by atoms with Crippen LogP contribution in [0.4, 0.5) is 0 Å². The number of nitrogens with two attached hydrogens (primary N) is 1. The number of hydrogen-bond donors (Lipinski definition) is 1. The van der Waals surface area contributed by atoms with Gasteiger partial charge < -0.3 is 19.9 Å². The van der Waals surface area contributed by atoms with Crippen molar-refractivity contribution in [2.24, 2.45) is 11.7 Å². The summed E-state index contributed by atoms with van der Waals surface area (Å²) in [6.07, 6.45) is -1.36. The van der Waals surface area contributed by atoms with Crippen LogP contribution < -0.4 is 5.73 Å². The second-order valence-electron chi connectivity index (χ2n) is 6.05. The second-order valence-corrected chi connectivity index (χ2v) is 8.04. The third-order valence-electron chi connectivity index (χ3n) is 3.99. The third-order valence-corrected chi connectivity index (χ3v) is 6.03. The minimum atomic E-state index is -0.701. The highest BCUT2D eigenvalue weighted by Gasteiger charge is 2.44. The molecule has 144 valence electrons. The highest BCUT2D eigenvalue weighted by molar-refractivity contribution is 7.99. The van der Waals surface area contributed by atoms with Crippen LogP contribution in [0, 0.1) is 5.92 Å². The molecule has 9 heteroatoms. The van der Waals surface area contributed by atoms with E-state index in [2.05, 4.69) is 0 Å². The van der Waals surface area contributed by atoms with Crippen molar-refractivity contribution in [2.75, 3.05) is 6.61 Å². The Bertz CT molecular complexity index is 675. The quantitative estimate of drug-likeness (QED) is 0.729. The maximum Gasteiger partial charge on any atom is 0.303 e. The van der Waals surface area contributed by atoms with E-state index in [0.29, 0.717) is 10.0 Å². The number of hydrogen-bond acceptors (Lipinski definition) is 7. The van der Waals surface area contributed by atoms with Crippen molar-refractivity contribution in [1.82, 2.24) is 0 Å². The van der Waals surface area contributed by atoms with Gasteiger partial charge in [0.05, 0.1) is 16.1 Å². The molecule has 0 amide bonds. The number of benzene rings is 1. The first kappa shape index (κ1) is 21.3. The molecule has 6 nitrogen and oxygen atoms in total. The van der Waals surface area contributed by atoms with Gasteiger partial charge in [-0.2, -0.15) is 0 Å². The molecular weight excluding hydrogens is 401 g/mol. The zero-order valence-corrected chi connectivity index (χ0v) is 16.9. The van der Waals surface area contributed by atoms with Crippen molar-refractivity contribution in [3.8, 4) is 0 Å². The monoisotopic (exact) mass is 421 g/mol. The van der Waals surface area contributed by atoms with Gasteiger partial charge in [-0.05, 0) is 18.2 Å². The molecule has 0 aliphatic carbocycles. The topological polar surface area (TPSA) is 87.8 Å². The fourth-order valence-electron chi connectivity index (χ4n) is 2.60. The molecule has 1 aliphatic heterocycles. The van der Waals surface area contributed by atoms with Gasteiger partial charge in [-0.3, -0.25) is 9.59 Å². The van der Waals surface area contributed by atoms with Gasteiger partial charge in [0.15, 0.2) is 0 Å². The molecule has 1 aromatic rings. The van der Waals surface area contributed by atoms with Crippen molar-refractivity contribution in [3.63, 3.8) is 0 Å². The summed E-state index contributed by atoms with van der Waals surface area (Å²) in [5.74, 6) is -1.05. The zero-order valence-electron chi connectivity index (χ0n) is 14.6. The van der Waals surface area contributed by atoms with E-state index in [1.807, 2.05) is 13.0 Å². The summed E-state index contributed by atoms with van der Waals surface area (Å²) >= 11 is 13.4. The summed E-state index contributed by atoms with van der Waals surface area (Å²) in [4.78, 5) is 23.4. The predicted molar refractivity (Wildman–Crippen MR) is 100 cm³/mol. The molecule has 1 aromatic carbocycles. The lowest BCUT2D eigenvalue weighted by molar-refractivity contribution is -0.183. The number of halogens is 2. The van der Waals surface area contributed by atoms with Crippen LogP contribution in [-0.2, 0) is 23.8 Å². The van der Waals surface area contributed by atoms with E-state index in [1.165, 1.54) is 25.6 Å². The zero-order chi connectivity index (χ0) is 19.4. The number of rotatable bonds is 5. The van der Waals surface area contributed by atoms with Crippen LogP contribution in [0.15, 0.2) is 23.1 Å². The lowest BCUT2D eigenvalue weighted by atomic mass is 9.91. The van der Waals surface area contributed by atoms with Crippen LogP contribution >= 0.6 is 35.0 Å². The molecule has 0 spiro atoms. The van der Waals surface area contributed by atoms with E-state index in [4.69, 9.17) is 43.1 Å². The van der Waals surface area contributed by atoms with Gasteiger partial charge in [0.1, 0.15) is 24.3 Å². The van der Waals surface area contributed by atoms with Crippen LogP contribution in [0.3, 0.4) is 0 Å². The van der Waals surface area contributed by atoms with Crippen LogP contribution in [0.25, 0.3) is 0 Å². The van der Waals surface area contributed by atoms with Gasteiger partial charge >= 0.3 is 11.9 Å². The Morgan fingerprint density at radius 1 is 1.23 bits per heavy atom. The molecule has 2 rings (SSSR count). The molecular formula is C17H21Cl2NO5S. The summed E-state index contributed by atoms with van der Waals surface area (Å²) in [6, 6.07) is 4.81. The largest absolute Gasteiger partial charge is 0.463 e. The Kier molecular flexibility index (Phi) is 7.61. The number of carbonyl (C=O) groups excluding carboxylic acids is 2. The molecule has 0 aromatic heterocycles. The normalized spacial score (nSPS) is 28.5. The molecule has 5 atom stereocenters. The summed E-state index contributed by atoms with van der Waals surface area (Å²) in [5, 5.41) is 0.909. The van der Waals surface area contributed by atoms with Crippen molar-refractivity contribution >= 4 is 46.9 Å². The maximum absolute atomic E-state index is 11.4. The van der Waals surface area contributed by atoms with Gasteiger partial charge in [0.25, 0.3) is 0 Å². The van der Waals surface area contributed by atoms with Crippen LogP contribution in [-0.4, -0.2) is 42.2 Å². The minimum Gasteiger partial charge on any atom is -0.463 e. The molecule has 1 fully saturated rings. The van der Waals surface area contributed by atoms with Crippen molar-refractivity contribution in [1.29, 1.82) is 0 Å². The summed E-state index contributed by atoms with van der Waals surface area (Å²) in [7, 11) is 0. The van der Waals surface area contributed by atoms with Gasteiger partial charge in [-0.25, -0.2) is 0 Å². The fourth-order valence-corrected chi connectivity index (χ4v) is 4.16. The Hall–Kier alpha value is -0.990. The number of ether oxygens (including phenoxy) is 3. The highest BCUT2D eigenvalue weighted by atomic mass is 35.5. The van der Waals surface area contributed by atoms with E-state index in [-0.39, 0.29) is 18.0 Å². The van der Waals surface area contributed by atoms with E-state index in [1.54, 1.807) is 12.1 Å². The molecule has 2 N–H and O–H groups in total. The molecule has 0 bridgehead atoms. The Labute approximate surface area is 166 Å². The first-order valence-electron chi connectivity index (χ1n) is 8.02. The van der Waals surface area contributed by atoms with Crippen molar-refractivity contribution in [3.05, 3.63) is 28.2 Å². The van der Waals surface area contributed by atoms with Crippen LogP contribution in [0.2, 0.25) is 10.0 Å². The number of thioether (sulfide) groups is 1. The molecule has 0 saturated carbocycles. The Balaban J connectivity index is 2.17. The van der Waals surface area contributed by atoms with Gasteiger partial charge in [0.2, 0.25) is 0 Å². The second kappa shape index (κ2) is 9.28. The summed E-state index contributed by atoms with van der Waals surface area (Å²) < 4.78 is 16.4. The van der Waals surface area contributed by atoms with Crippen LogP contribution in [0.5, 0.6) is 0 Å². The van der Waals surface area contributed by atoms with Crippen molar-refractivity contribution in [2.45, 2.75) is 49.4 Å². The van der Waals surface area contributed by atoms with E-state index >= 15 is 0 Å². The number of carbonyl (C=O) groups is 2. The van der Waals surface area contributed by atoms with Crippen LogP contribution in [0.1, 0.15) is 20.8 Å². The molecule has 1 aliphatic rings. The summed E-state index contributed by atoms with van der Waals surface area (Å²) in [6.45, 7) is 4.47. The number of esters is 2. The third kappa shape index (κ3) is 5.50. The van der Waals surface area contributed by atoms with Gasteiger partial charge in [-0.15, -0.1) is 0 Å². The molecule has 1 saturated heterocycles. The lowest BCUT2D eigenvalue weighted by Gasteiger charge is -2.43. The molecule has 1 heterocycles. The standard InChI is InChI=1S/C17H21Cl2NO5S/c1-8-15(20)16(24-10(3)22)14(7-23-9(2)21)25-17(8)26-11-4-5-12(18)13(19)6-11/h4-6,8,14-17H,7,20H2,1-3H3/t8?,14?,15-,16+,17-/m1/s1. The first-order valence-corrected chi connectivity index (χ1v) is 9.66. The average molecular weight is 422 g/mol. The van der Waals surface area contributed by atoms with Gasteiger partial charge in [0, 0.05) is 24.7 Å². The lowest BCUT2D eigenvalue weighted by Crippen LogP contribution is -2.59. The first-order chi connectivity index (χ1) is 12.2. The van der Waals surface area contributed by atoms with E-state index in [0.717, 1.165) is 4.90 Å². The minimum absolute atomic E-state index is 0.0495. The average Bonchev–Trinajstić information content (AvgIpc) is 2.56. The Morgan fingerprint density at radius 2 is 1.92 bits per heavy atom. The van der Waals surface area contributed by atoms with Gasteiger partial charge in [-0.1, -0.05) is 41.9 Å².